The van der Waals surface area contributed by atoms with E-state index in [9.17, 15) is 4.79 Å². The van der Waals surface area contributed by atoms with E-state index in [0.717, 1.165) is 40.0 Å². The largest absolute Gasteiger partial charge is 0.324 e. The van der Waals surface area contributed by atoms with Crippen molar-refractivity contribution in [2.24, 2.45) is 0 Å². The molecule has 8 heteroatoms. The van der Waals surface area contributed by atoms with Crippen molar-refractivity contribution in [1.82, 2.24) is 29.5 Å². The van der Waals surface area contributed by atoms with Crippen molar-refractivity contribution in [3.05, 3.63) is 41.7 Å². The van der Waals surface area contributed by atoms with E-state index in [1.807, 2.05) is 38.1 Å². The van der Waals surface area contributed by atoms with Gasteiger partial charge in [0.25, 0.3) is 5.91 Å². The predicted octanol–water partition coefficient (Wildman–Crippen LogP) is 3.25. The zero-order chi connectivity index (χ0) is 18.3. The van der Waals surface area contributed by atoms with Gasteiger partial charge in [0.2, 0.25) is 5.16 Å². The molecule has 0 aliphatic carbocycles. The van der Waals surface area contributed by atoms with Gasteiger partial charge >= 0.3 is 0 Å². The summed E-state index contributed by atoms with van der Waals surface area (Å²) in [6.45, 7) is 6.60. The zero-order valence-corrected chi connectivity index (χ0v) is 15.6. The summed E-state index contributed by atoms with van der Waals surface area (Å²) < 4.78 is 3.55. The van der Waals surface area contributed by atoms with Crippen LogP contribution in [0.15, 0.2) is 35.5 Å². The molecule has 0 aliphatic rings. The summed E-state index contributed by atoms with van der Waals surface area (Å²) in [6.07, 6.45) is 0. The van der Waals surface area contributed by atoms with Crippen molar-refractivity contribution < 1.29 is 4.79 Å². The molecule has 0 saturated heterocycles. The maximum absolute atomic E-state index is 12.4. The lowest BCUT2D eigenvalue weighted by atomic mass is 10.2. The molecule has 0 spiro atoms. The molecule has 0 aliphatic heterocycles. The van der Waals surface area contributed by atoms with Crippen LogP contribution in [0.2, 0.25) is 0 Å². The highest BCUT2D eigenvalue weighted by Gasteiger charge is 2.15. The summed E-state index contributed by atoms with van der Waals surface area (Å²) >= 11 is 1.28. The van der Waals surface area contributed by atoms with Crippen LogP contribution in [0.5, 0.6) is 0 Å². The van der Waals surface area contributed by atoms with Gasteiger partial charge in [-0.2, -0.15) is 5.10 Å². The molecule has 4 aromatic rings. The number of nitrogens with zero attached hydrogens (tertiary/aromatic N) is 6. The number of thioether (sulfide) groups is 1. The Labute approximate surface area is 154 Å². The molecule has 1 aromatic carbocycles. The normalized spacial score (nSPS) is 11.5. The maximum Gasteiger partial charge on any atom is 0.257 e. The van der Waals surface area contributed by atoms with Crippen LogP contribution in [0.25, 0.3) is 22.1 Å². The van der Waals surface area contributed by atoms with E-state index in [0.29, 0.717) is 5.16 Å². The summed E-state index contributed by atoms with van der Waals surface area (Å²) in [5, 5.41) is 14.3. The van der Waals surface area contributed by atoms with Gasteiger partial charge in [-0.05, 0) is 32.9 Å². The quantitative estimate of drug-likeness (QED) is 0.516. The molecular weight excluding hydrogens is 348 g/mol. The summed E-state index contributed by atoms with van der Waals surface area (Å²) in [5.74, 6) is 0.113. The molecule has 7 nitrogen and oxygen atoms in total. The number of carbonyl (C=O) groups excluding carboxylic acids is 1. The number of rotatable bonds is 4. The molecule has 0 N–H and O–H groups in total. The third-order valence-electron chi connectivity index (χ3n) is 4.24. The van der Waals surface area contributed by atoms with Crippen LogP contribution >= 0.6 is 11.8 Å². The van der Waals surface area contributed by atoms with E-state index < -0.39 is 0 Å². The van der Waals surface area contributed by atoms with E-state index in [1.54, 1.807) is 0 Å². The Balaban J connectivity index is 1.64. The minimum absolute atomic E-state index is 0.0969. The minimum Gasteiger partial charge on any atom is -0.324 e. The Morgan fingerprint density at radius 2 is 2.00 bits per heavy atom. The van der Waals surface area contributed by atoms with Crippen LogP contribution in [0.4, 0.5) is 0 Å². The number of aryl methyl sites for hydroxylation is 3. The minimum atomic E-state index is -0.0969. The van der Waals surface area contributed by atoms with Crippen LogP contribution < -0.4 is 0 Å². The number of para-hydroxylation sites is 1. The lowest BCUT2D eigenvalue weighted by molar-refractivity contribution is 0.0924. The summed E-state index contributed by atoms with van der Waals surface area (Å²) in [4.78, 5) is 17.0. The standard InChI is InChI=1S/C18H18N6OS/c1-4-23-14-8-6-5-7-13(14)16-17(23)19-18(21-20-16)26-10-15(25)24-12(3)9-11(2)22-24/h5-9H,4,10H2,1-3H3. The molecule has 0 amide bonds. The summed E-state index contributed by atoms with van der Waals surface area (Å²) in [5.41, 5.74) is 4.33. The Kier molecular flexibility index (Phi) is 4.20. The molecule has 0 saturated carbocycles. The van der Waals surface area contributed by atoms with Crippen molar-refractivity contribution in [3.8, 4) is 0 Å². The number of hydrogen-bond acceptors (Lipinski definition) is 6. The van der Waals surface area contributed by atoms with Crippen molar-refractivity contribution >= 4 is 39.7 Å². The van der Waals surface area contributed by atoms with E-state index in [4.69, 9.17) is 0 Å². The first-order chi connectivity index (χ1) is 12.6. The van der Waals surface area contributed by atoms with Gasteiger partial charge in [-0.25, -0.2) is 9.67 Å². The van der Waals surface area contributed by atoms with Gasteiger partial charge in [0.05, 0.1) is 17.0 Å². The third kappa shape index (κ3) is 2.76. The molecule has 0 fully saturated rings. The summed E-state index contributed by atoms with van der Waals surface area (Å²) in [7, 11) is 0. The Bertz CT molecular complexity index is 1130. The van der Waals surface area contributed by atoms with Gasteiger partial charge in [-0.3, -0.25) is 4.79 Å². The highest BCUT2D eigenvalue weighted by molar-refractivity contribution is 7.99. The zero-order valence-electron chi connectivity index (χ0n) is 14.8. The fourth-order valence-electron chi connectivity index (χ4n) is 3.14. The van der Waals surface area contributed by atoms with E-state index in [1.165, 1.54) is 16.4 Å². The Hall–Kier alpha value is -2.74. The van der Waals surface area contributed by atoms with Gasteiger partial charge in [0.1, 0.15) is 5.52 Å². The maximum atomic E-state index is 12.4. The SMILES string of the molecule is CCn1c2ccccc2c2nnc(SCC(=O)n3nc(C)cc3C)nc21. The molecule has 132 valence electrons. The smallest absolute Gasteiger partial charge is 0.257 e. The highest BCUT2D eigenvalue weighted by Crippen LogP contribution is 2.27. The molecular formula is C18H18N6OS. The van der Waals surface area contributed by atoms with Crippen LogP contribution in [0.1, 0.15) is 23.1 Å². The number of aromatic nitrogens is 6. The lowest BCUT2D eigenvalue weighted by Gasteiger charge is -2.04. The first-order valence-electron chi connectivity index (χ1n) is 8.39. The second-order valence-corrected chi connectivity index (χ2v) is 6.99. The lowest BCUT2D eigenvalue weighted by Crippen LogP contribution is -2.16. The average molecular weight is 366 g/mol. The molecule has 0 bridgehead atoms. The van der Waals surface area contributed by atoms with Crippen molar-refractivity contribution in [1.29, 1.82) is 0 Å². The average Bonchev–Trinajstić information content (AvgIpc) is 3.15. The van der Waals surface area contributed by atoms with E-state index >= 15 is 0 Å². The number of carbonyl (C=O) groups is 1. The second kappa shape index (κ2) is 6.53. The van der Waals surface area contributed by atoms with Crippen LogP contribution in [0, 0.1) is 13.8 Å². The number of hydrogen-bond donors (Lipinski definition) is 0. The van der Waals surface area contributed by atoms with Gasteiger partial charge in [-0.1, -0.05) is 30.0 Å². The third-order valence-corrected chi connectivity index (χ3v) is 5.06. The molecule has 0 atom stereocenters. The number of benzene rings is 1. The molecule has 4 rings (SSSR count). The molecule has 3 heterocycles. The molecule has 0 unspecified atom stereocenters. The van der Waals surface area contributed by atoms with Crippen LogP contribution in [0.3, 0.4) is 0 Å². The fraction of sp³-hybridized carbons (Fsp3) is 0.278. The van der Waals surface area contributed by atoms with Crippen molar-refractivity contribution in [2.45, 2.75) is 32.5 Å². The number of fused-ring (bicyclic) bond motifs is 3. The van der Waals surface area contributed by atoms with E-state index in [2.05, 4.69) is 37.8 Å². The highest BCUT2D eigenvalue weighted by atomic mass is 32.2. The predicted molar refractivity (Wildman–Crippen MR) is 102 cm³/mol. The van der Waals surface area contributed by atoms with Gasteiger partial charge in [0, 0.05) is 17.6 Å². The van der Waals surface area contributed by atoms with Gasteiger partial charge in [0.15, 0.2) is 5.65 Å². The van der Waals surface area contributed by atoms with Gasteiger partial charge in [-0.15, -0.1) is 10.2 Å². The monoisotopic (exact) mass is 366 g/mol. The van der Waals surface area contributed by atoms with Crippen molar-refractivity contribution in [3.63, 3.8) is 0 Å². The van der Waals surface area contributed by atoms with Gasteiger partial charge < -0.3 is 4.57 Å². The van der Waals surface area contributed by atoms with E-state index in [-0.39, 0.29) is 11.7 Å². The first-order valence-corrected chi connectivity index (χ1v) is 9.38. The molecule has 3 aromatic heterocycles. The first kappa shape index (κ1) is 16.7. The second-order valence-electron chi connectivity index (χ2n) is 6.05. The fourth-order valence-corrected chi connectivity index (χ4v) is 3.76. The Morgan fingerprint density at radius 3 is 2.73 bits per heavy atom. The van der Waals surface area contributed by atoms with Crippen molar-refractivity contribution in [2.75, 3.05) is 5.75 Å². The van der Waals surface area contributed by atoms with Crippen LogP contribution in [-0.2, 0) is 6.54 Å². The molecule has 26 heavy (non-hydrogen) atoms. The topological polar surface area (TPSA) is 78.5 Å². The Morgan fingerprint density at radius 1 is 1.19 bits per heavy atom. The molecule has 0 radical (unpaired) electrons. The van der Waals surface area contributed by atoms with Crippen LogP contribution in [-0.4, -0.2) is 41.2 Å². The summed E-state index contributed by atoms with van der Waals surface area (Å²) in [6, 6.07) is 9.95.